The first-order valence-corrected chi connectivity index (χ1v) is 7.39. The highest BCUT2D eigenvalue weighted by molar-refractivity contribution is 5.86. The van der Waals surface area contributed by atoms with Gasteiger partial charge in [-0.25, -0.2) is 14.6 Å². The summed E-state index contributed by atoms with van der Waals surface area (Å²) >= 11 is 0. The van der Waals surface area contributed by atoms with E-state index >= 15 is 0 Å². The van der Waals surface area contributed by atoms with E-state index < -0.39 is 0 Å². The number of piperazine rings is 1. The Kier molecular flexibility index (Phi) is 3.88. The van der Waals surface area contributed by atoms with E-state index in [-0.39, 0.29) is 0 Å². The van der Waals surface area contributed by atoms with E-state index in [1.54, 1.807) is 6.33 Å². The molecule has 1 aliphatic rings. The Labute approximate surface area is 125 Å². The van der Waals surface area contributed by atoms with Crippen molar-refractivity contribution in [1.82, 2.24) is 24.6 Å². The van der Waals surface area contributed by atoms with Crippen molar-refractivity contribution in [3.63, 3.8) is 0 Å². The second-order valence-corrected chi connectivity index (χ2v) is 5.80. The fourth-order valence-corrected chi connectivity index (χ4v) is 2.61. The number of hydrogen-bond donors (Lipinski definition) is 0. The molecule has 0 saturated carbocycles. The number of rotatable bonds is 4. The SMILES string of the molecule is C=C(C)CCn1ncc2c(N3CCN(C)CC3)ncnc21. The molecular weight excluding hydrogens is 264 g/mol. The molecule has 6 nitrogen and oxygen atoms in total. The third kappa shape index (κ3) is 2.90. The standard InChI is InChI=1S/C15H22N6/c1-12(2)4-5-21-15-13(10-18-21)14(16-11-17-15)20-8-6-19(3)7-9-20/h10-11H,1,4-9H2,2-3H3. The highest BCUT2D eigenvalue weighted by Crippen LogP contribution is 2.23. The van der Waals surface area contributed by atoms with Crippen LogP contribution >= 0.6 is 0 Å². The number of hydrogen-bond acceptors (Lipinski definition) is 5. The Balaban J connectivity index is 1.88. The second-order valence-electron chi connectivity index (χ2n) is 5.80. The average molecular weight is 286 g/mol. The van der Waals surface area contributed by atoms with Crippen LogP contribution < -0.4 is 4.90 Å². The highest BCUT2D eigenvalue weighted by atomic mass is 15.3. The second kappa shape index (κ2) is 5.81. The minimum absolute atomic E-state index is 0.817. The summed E-state index contributed by atoms with van der Waals surface area (Å²) in [6, 6.07) is 0. The molecule has 1 aliphatic heterocycles. The van der Waals surface area contributed by atoms with Gasteiger partial charge in [-0.15, -0.1) is 6.58 Å². The van der Waals surface area contributed by atoms with Crippen molar-refractivity contribution in [1.29, 1.82) is 0 Å². The molecule has 3 rings (SSSR count). The van der Waals surface area contributed by atoms with Gasteiger partial charge in [0.05, 0.1) is 11.6 Å². The lowest BCUT2D eigenvalue weighted by atomic mass is 10.2. The molecule has 6 heteroatoms. The molecule has 0 N–H and O–H groups in total. The van der Waals surface area contributed by atoms with Gasteiger partial charge in [0.25, 0.3) is 0 Å². The van der Waals surface area contributed by atoms with E-state index in [1.165, 1.54) is 0 Å². The smallest absolute Gasteiger partial charge is 0.163 e. The Morgan fingerprint density at radius 1 is 1.24 bits per heavy atom. The largest absolute Gasteiger partial charge is 0.353 e. The van der Waals surface area contributed by atoms with Gasteiger partial charge in [-0.1, -0.05) is 5.57 Å². The Bertz CT molecular complexity index is 639. The van der Waals surface area contributed by atoms with Gasteiger partial charge in [-0.3, -0.25) is 0 Å². The number of aryl methyl sites for hydroxylation is 1. The fourth-order valence-electron chi connectivity index (χ4n) is 2.61. The van der Waals surface area contributed by atoms with Gasteiger partial charge in [-0.2, -0.15) is 5.10 Å². The van der Waals surface area contributed by atoms with Crippen molar-refractivity contribution >= 4 is 16.9 Å². The molecule has 0 radical (unpaired) electrons. The third-order valence-electron chi connectivity index (χ3n) is 3.97. The molecule has 0 atom stereocenters. The van der Waals surface area contributed by atoms with Crippen LogP contribution in [-0.4, -0.2) is 57.9 Å². The predicted molar refractivity (Wildman–Crippen MR) is 84.5 cm³/mol. The van der Waals surface area contributed by atoms with Crippen LogP contribution in [0.2, 0.25) is 0 Å². The van der Waals surface area contributed by atoms with E-state index in [2.05, 4.69) is 38.5 Å². The molecule has 0 unspecified atom stereocenters. The summed E-state index contributed by atoms with van der Waals surface area (Å²) in [4.78, 5) is 13.6. The number of fused-ring (bicyclic) bond motifs is 1. The van der Waals surface area contributed by atoms with Crippen molar-refractivity contribution in [2.45, 2.75) is 19.9 Å². The summed E-state index contributed by atoms with van der Waals surface area (Å²) in [7, 11) is 2.16. The molecule has 1 fully saturated rings. The number of allylic oxidation sites excluding steroid dienone is 1. The Hall–Kier alpha value is -1.95. The molecule has 2 aromatic heterocycles. The molecule has 0 aliphatic carbocycles. The van der Waals surface area contributed by atoms with Crippen molar-refractivity contribution in [2.24, 2.45) is 0 Å². The van der Waals surface area contributed by atoms with Crippen LogP contribution in [-0.2, 0) is 6.54 Å². The lowest BCUT2D eigenvalue weighted by Crippen LogP contribution is -2.44. The molecular formula is C15H22N6. The first-order chi connectivity index (χ1) is 10.1. The molecule has 1 saturated heterocycles. The van der Waals surface area contributed by atoms with Gasteiger partial charge in [0.15, 0.2) is 5.65 Å². The summed E-state index contributed by atoms with van der Waals surface area (Å²) in [5.74, 6) is 1.01. The topological polar surface area (TPSA) is 50.1 Å². The number of nitrogens with zero attached hydrogens (tertiary/aromatic N) is 6. The average Bonchev–Trinajstić information content (AvgIpc) is 2.89. The van der Waals surface area contributed by atoms with Crippen LogP contribution in [0.1, 0.15) is 13.3 Å². The quantitative estimate of drug-likeness (QED) is 0.798. The highest BCUT2D eigenvalue weighted by Gasteiger charge is 2.19. The molecule has 0 amide bonds. The van der Waals surface area contributed by atoms with Gasteiger partial charge in [0, 0.05) is 32.7 Å². The molecule has 0 aromatic carbocycles. The molecule has 21 heavy (non-hydrogen) atoms. The van der Waals surface area contributed by atoms with Crippen molar-refractivity contribution < 1.29 is 0 Å². The van der Waals surface area contributed by atoms with E-state index in [0.717, 1.165) is 61.6 Å². The number of aromatic nitrogens is 4. The maximum absolute atomic E-state index is 4.49. The monoisotopic (exact) mass is 286 g/mol. The maximum atomic E-state index is 4.49. The Morgan fingerprint density at radius 2 is 2.00 bits per heavy atom. The summed E-state index contributed by atoms with van der Waals surface area (Å²) in [6.45, 7) is 10.9. The normalized spacial score (nSPS) is 16.6. The molecule has 0 spiro atoms. The fraction of sp³-hybridized carbons (Fsp3) is 0.533. The molecule has 112 valence electrons. The van der Waals surface area contributed by atoms with Crippen LogP contribution in [0.15, 0.2) is 24.7 Å². The van der Waals surface area contributed by atoms with Gasteiger partial charge < -0.3 is 9.80 Å². The van der Waals surface area contributed by atoms with Crippen LogP contribution in [0.25, 0.3) is 11.0 Å². The lowest BCUT2D eigenvalue weighted by molar-refractivity contribution is 0.312. The maximum Gasteiger partial charge on any atom is 0.163 e. The van der Waals surface area contributed by atoms with E-state index in [1.807, 2.05) is 17.8 Å². The van der Waals surface area contributed by atoms with Crippen molar-refractivity contribution in [2.75, 3.05) is 38.1 Å². The molecule has 0 bridgehead atoms. The first-order valence-electron chi connectivity index (χ1n) is 7.39. The Morgan fingerprint density at radius 3 is 2.71 bits per heavy atom. The zero-order chi connectivity index (χ0) is 14.8. The molecule has 3 heterocycles. The summed E-state index contributed by atoms with van der Waals surface area (Å²) < 4.78 is 1.95. The minimum Gasteiger partial charge on any atom is -0.353 e. The minimum atomic E-state index is 0.817. The van der Waals surface area contributed by atoms with Gasteiger partial charge in [0.1, 0.15) is 12.1 Å². The van der Waals surface area contributed by atoms with Crippen molar-refractivity contribution in [3.05, 3.63) is 24.7 Å². The zero-order valence-electron chi connectivity index (χ0n) is 12.8. The van der Waals surface area contributed by atoms with Crippen LogP contribution in [0.3, 0.4) is 0 Å². The van der Waals surface area contributed by atoms with Gasteiger partial charge >= 0.3 is 0 Å². The van der Waals surface area contributed by atoms with E-state index in [0.29, 0.717) is 0 Å². The third-order valence-corrected chi connectivity index (χ3v) is 3.97. The van der Waals surface area contributed by atoms with Crippen molar-refractivity contribution in [3.8, 4) is 0 Å². The first kappa shape index (κ1) is 14.0. The number of anilines is 1. The number of likely N-dealkylation sites (N-methyl/N-ethyl adjacent to an activating group) is 1. The zero-order valence-corrected chi connectivity index (χ0v) is 12.8. The molecule has 2 aromatic rings. The van der Waals surface area contributed by atoms with E-state index in [4.69, 9.17) is 0 Å². The lowest BCUT2D eigenvalue weighted by Gasteiger charge is -2.33. The van der Waals surface area contributed by atoms with Gasteiger partial charge in [0.2, 0.25) is 0 Å². The van der Waals surface area contributed by atoms with Gasteiger partial charge in [-0.05, 0) is 20.4 Å². The summed E-state index contributed by atoms with van der Waals surface area (Å²) in [6.07, 6.45) is 4.46. The van der Waals surface area contributed by atoms with Crippen LogP contribution in [0.4, 0.5) is 5.82 Å². The summed E-state index contributed by atoms with van der Waals surface area (Å²) in [5, 5.41) is 5.52. The predicted octanol–water partition coefficient (Wildman–Crippen LogP) is 1.54. The van der Waals surface area contributed by atoms with Crippen LogP contribution in [0, 0.1) is 0 Å². The van der Waals surface area contributed by atoms with E-state index in [9.17, 15) is 0 Å². The van der Waals surface area contributed by atoms with Crippen LogP contribution in [0.5, 0.6) is 0 Å². The summed E-state index contributed by atoms with van der Waals surface area (Å²) in [5.41, 5.74) is 2.08.